The second kappa shape index (κ2) is 10.2. The van der Waals surface area contributed by atoms with E-state index in [1.807, 2.05) is 6.92 Å². The number of aliphatic hydroxyl groups excluding tert-OH is 1. The third kappa shape index (κ3) is 4.84. The van der Waals surface area contributed by atoms with Gasteiger partial charge in [-0.25, -0.2) is 0 Å². The molecule has 1 fully saturated rings. The van der Waals surface area contributed by atoms with Crippen molar-refractivity contribution < 1.29 is 33.7 Å². The SMILES string of the molecule is CCCCN1C(=O)C(=O)/C(=C(\O)c2ccc(OC)cc2OC)C1c1cccc(OC(C)=O)c1. The molecule has 1 amide bonds. The van der Waals surface area contributed by atoms with Gasteiger partial charge in [-0.2, -0.15) is 0 Å². The van der Waals surface area contributed by atoms with Crippen LogP contribution in [0.3, 0.4) is 0 Å². The van der Waals surface area contributed by atoms with Gasteiger partial charge in [0.1, 0.15) is 23.0 Å². The van der Waals surface area contributed by atoms with Crippen LogP contribution in [0.15, 0.2) is 48.0 Å². The van der Waals surface area contributed by atoms with Crippen molar-refractivity contribution in [2.75, 3.05) is 20.8 Å². The summed E-state index contributed by atoms with van der Waals surface area (Å²) in [4.78, 5) is 38.9. The molecular weight excluding hydrogens is 426 g/mol. The van der Waals surface area contributed by atoms with Crippen LogP contribution in [0.2, 0.25) is 0 Å². The molecule has 1 N–H and O–H groups in total. The van der Waals surface area contributed by atoms with E-state index in [0.717, 1.165) is 6.42 Å². The lowest BCUT2D eigenvalue weighted by atomic mass is 9.94. The summed E-state index contributed by atoms with van der Waals surface area (Å²) in [5.41, 5.74) is 0.741. The third-order valence-electron chi connectivity index (χ3n) is 5.39. The fraction of sp³-hybridized carbons (Fsp3) is 0.320. The number of ketones is 1. The van der Waals surface area contributed by atoms with Crippen molar-refractivity contribution in [1.82, 2.24) is 4.90 Å². The summed E-state index contributed by atoms with van der Waals surface area (Å²) in [7, 11) is 2.94. The smallest absolute Gasteiger partial charge is 0.308 e. The molecule has 1 unspecified atom stereocenters. The van der Waals surface area contributed by atoms with Gasteiger partial charge >= 0.3 is 5.97 Å². The summed E-state index contributed by atoms with van der Waals surface area (Å²) in [5.74, 6) is -1.24. The van der Waals surface area contributed by atoms with Crippen LogP contribution >= 0.6 is 0 Å². The van der Waals surface area contributed by atoms with Gasteiger partial charge in [0.25, 0.3) is 11.7 Å². The van der Waals surface area contributed by atoms with Gasteiger partial charge in [0.15, 0.2) is 0 Å². The van der Waals surface area contributed by atoms with E-state index in [0.29, 0.717) is 30.0 Å². The molecule has 0 bridgehead atoms. The zero-order valence-electron chi connectivity index (χ0n) is 19.1. The van der Waals surface area contributed by atoms with E-state index in [2.05, 4.69) is 0 Å². The van der Waals surface area contributed by atoms with Crippen LogP contribution < -0.4 is 14.2 Å². The Bertz CT molecular complexity index is 1110. The van der Waals surface area contributed by atoms with E-state index in [-0.39, 0.29) is 22.6 Å². The first kappa shape index (κ1) is 23.8. The number of hydrogen-bond acceptors (Lipinski definition) is 7. The average Bonchev–Trinajstić information content (AvgIpc) is 3.06. The molecule has 8 nitrogen and oxygen atoms in total. The zero-order valence-corrected chi connectivity index (χ0v) is 19.1. The Hall–Kier alpha value is -3.81. The number of methoxy groups -OCH3 is 2. The minimum Gasteiger partial charge on any atom is -0.507 e. The van der Waals surface area contributed by atoms with E-state index in [1.165, 1.54) is 26.0 Å². The maximum Gasteiger partial charge on any atom is 0.308 e. The zero-order chi connectivity index (χ0) is 24.1. The predicted molar refractivity (Wildman–Crippen MR) is 121 cm³/mol. The first-order valence-corrected chi connectivity index (χ1v) is 10.6. The number of rotatable bonds is 8. The summed E-state index contributed by atoms with van der Waals surface area (Å²) in [6, 6.07) is 10.5. The van der Waals surface area contributed by atoms with E-state index < -0.39 is 23.7 Å². The quantitative estimate of drug-likeness (QED) is 0.213. The molecule has 0 radical (unpaired) electrons. The van der Waals surface area contributed by atoms with Crippen molar-refractivity contribution in [3.8, 4) is 17.2 Å². The van der Waals surface area contributed by atoms with Gasteiger partial charge in [0.05, 0.1) is 31.4 Å². The van der Waals surface area contributed by atoms with Crippen LogP contribution in [0.1, 0.15) is 43.9 Å². The van der Waals surface area contributed by atoms with Crippen molar-refractivity contribution in [3.05, 3.63) is 59.2 Å². The lowest BCUT2D eigenvalue weighted by Crippen LogP contribution is -2.30. The summed E-state index contributed by atoms with van der Waals surface area (Å²) in [6.45, 7) is 3.60. The van der Waals surface area contributed by atoms with Crippen LogP contribution in [-0.2, 0) is 14.4 Å². The second-order valence-electron chi connectivity index (χ2n) is 7.58. The highest BCUT2D eigenvalue weighted by molar-refractivity contribution is 6.46. The molecule has 2 aromatic carbocycles. The van der Waals surface area contributed by atoms with Crippen molar-refractivity contribution in [3.63, 3.8) is 0 Å². The van der Waals surface area contributed by atoms with E-state index >= 15 is 0 Å². The van der Waals surface area contributed by atoms with Gasteiger partial charge in [-0.1, -0.05) is 25.5 Å². The van der Waals surface area contributed by atoms with E-state index in [1.54, 1.807) is 42.5 Å². The summed E-state index contributed by atoms with van der Waals surface area (Å²) in [5, 5.41) is 11.2. The predicted octanol–water partition coefficient (Wildman–Crippen LogP) is 3.85. The molecule has 3 rings (SSSR count). The van der Waals surface area contributed by atoms with E-state index in [9.17, 15) is 19.5 Å². The Kier molecular flexibility index (Phi) is 7.37. The fourth-order valence-electron chi connectivity index (χ4n) is 3.84. The minimum atomic E-state index is -0.848. The number of amides is 1. The van der Waals surface area contributed by atoms with Gasteiger partial charge in [0.2, 0.25) is 0 Å². The maximum atomic E-state index is 13.1. The highest BCUT2D eigenvalue weighted by Crippen LogP contribution is 2.42. The number of benzene rings is 2. The number of esters is 1. The van der Waals surface area contributed by atoms with Crippen molar-refractivity contribution in [1.29, 1.82) is 0 Å². The fourth-order valence-corrected chi connectivity index (χ4v) is 3.84. The molecule has 1 aliphatic rings. The van der Waals surface area contributed by atoms with Gasteiger partial charge in [-0.15, -0.1) is 0 Å². The molecule has 2 aromatic rings. The molecule has 174 valence electrons. The number of Topliss-reactive ketones (excluding diaryl/α,β-unsaturated/α-hetero) is 1. The second-order valence-corrected chi connectivity index (χ2v) is 7.58. The summed E-state index contributed by atoms with van der Waals surface area (Å²) in [6.07, 6.45) is 1.49. The maximum absolute atomic E-state index is 13.1. The number of ether oxygens (including phenoxy) is 3. The Morgan fingerprint density at radius 3 is 2.45 bits per heavy atom. The number of unbranched alkanes of at least 4 members (excludes halogenated alkanes) is 1. The Labute approximate surface area is 192 Å². The normalized spacial score (nSPS) is 17.2. The number of carbonyl (C=O) groups excluding carboxylic acids is 3. The highest BCUT2D eigenvalue weighted by Gasteiger charge is 2.46. The van der Waals surface area contributed by atoms with Crippen LogP contribution in [0.5, 0.6) is 17.2 Å². The number of carbonyl (C=O) groups is 3. The van der Waals surface area contributed by atoms with Crippen LogP contribution in [0.25, 0.3) is 5.76 Å². The average molecular weight is 453 g/mol. The lowest BCUT2D eigenvalue weighted by molar-refractivity contribution is -0.139. The minimum absolute atomic E-state index is 0.0560. The molecule has 33 heavy (non-hydrogen) atoms. The van der Waals surface area contributed by atoms with Crippen molar-refractivity contribution in [2.24, 2.45) is 0 Å². The van der Waals surface area contributed by atoms with Gasteiger partial charge in [-0.3, -0.25) is 14.4 Å². The molecule has 0 spiro atoms. The third-order valence-corrected chi connectivity index (χ3v) is 5.39. The van der Waals surface area contributed by atoms with Crippen molar-refractivity contribution >= 4 is 23.4 Å². The summed E-state index contributed by atoms with van der Waals surface area (Å²) < 4.78 is 15.8. The molecule has 0 aromatic heterocycles. The van der Waals surface area contributed by atoms with Crippen LogP contribution in [0, 0.1) is 0 Å². The topological polar surface area (TPSA) is 102 Å². The molecule has 1 aliphatic heterocycles. The van der Waals surface area contributed by atoms with Gasteiger partial charge in [0, 0.05) is 19.5 Å². The van der Waals surface area contributed by atoms with Crippen LogP contribution in [0.4, 0.5) is 0 Å². The molecule has 0 aliphatic carbocycles. The monoisotopic (exact) mass is 453 g/mol. The Morgan fingerprint density at radius 1 is 1.06 bits per heavy atom. The number of nitrogens with zero attached hydrogens (tertiary/aromatic N) is 1. The number of hydrogen-bond donors (Lipinski definition) is 1. The lowest BCUT2D eigenvalue weighted by Gasteiger charge is -2.25. The van der Waals surface area contributed by atoms with Gasteiger partial charge in [-0.05, 0) is 36.2 Å². The molecular formula is C25H27NO7. The first-order valence-electron chi connectivity index (χ1n) is 10.6. The molecule has 0 saturated carbocycles. The Morgan fingerprint density at radius 2 is 1.82 bits per heavy atom. The highest BCUT2D eigenvalue weighted by atomic mass is 16.5. The van der Waals surface area contributed by atoms with Crippen molar-refractivity contribution in [2.45, 2.75) is 32.7 Å². The first-order chi connectivity index (χ1) is 15.8. The molecule has 1 atom stereocenters. The number of aliphatic hydroxyl groups is 1. The number of likely N-dealkylation sites (tertiary alicyclic amines) is 1. The molecule has 8 heteroatoms. The summed E-state index contributed by atoms with van der Waals surface area (Å²) >= 11 is 0. The van der Waals surface area contributed by atoms with Gasteiger partial charge < -0.3 is 24.2 Å². The Balaban J connectivity index is 2.20. The van der Waals surface area contributed by atoms with Crippen LogP contribution in [-0.4, -0.2) is 48.4 Å². The molecule has 1 heterocycles. The standard InChI is InChI=1S/C25H27NO7/c1-5-6-12-26-22(16-8-7-9-18(13-16)33-15(2)27)21(24(29)25(26)30)23(28)19-11-10-17(31-3)14-20(19)32-4/h7-11,13-14,22,28H,5-6,12H2,1-4H3/b23-21-. The largest absolute Gasteiger partial charge is 0.507 e. The van der Waals surface area contributed by atoms with E-state index in [4.69, 9.17) is 14.2 Å². The molecule has 1 saturated heterocycles.